The number of hydrogen-bond donors (Lipinski definition) is 1. The maximum atomic E-state index is 6.26. The summed E-state index contributed by atoms with van der Waals surface area (Å²) in [7, 11) is 3.93. The summed E-state index contributed by atoms with van der Waals surface area (Å²) in [6, 6.07) is 8.38. The first-order chi connectivity index (χ1) is 13.2. The summed E-state index contributed by atoms with van der Waals surface area (Å²) in [6.07, 6.45) is 1.13. The number of benzene rings is 1. The number of hydrogen-bond acceptors (Lipinski definition) is 4. The molecule has 1 N–H and O–H groups in total. The minimum absolute atomic E-state index is 0.229. The van der Waals surface area contributed by atoms with Gasteiger partial charge in [0.25, 0.3) is 0 Å². The largest absolute Gasteiger partial charge is 0.381 e. The van der Waals surface area contributed by atoms with E-state index in [9.17, 15) is 0 Å². The van der Waals surface area contributed by atoms with Gasteiger partial charge in [-0.3, -0.25) is 9.89 Å². The van der Waals surface area contributed by atoms with Crippen LogP contribution in [-0.2, 0) is 9.47 Å². The average Bonchev–Trinajstić information content (AvgIpc) is 3.19. The van der Waals surface area contributed by atoms with Crippen molar-refractivity contribution in [1.82, 2.24) is 15.1 Å². The first-order valence-electron chi connectivity index (χ1n) is 9.74. The van der Waals surface area contributed by atoms with Crippen molar-refractivity contribution in [1.29, 1.82) is 0 Å². The maximum Gasteiger partial charge on any atom is 0.193 e. The van der Waals surface area contributed by atoms with Crippen LogP contribution in [0.15, 0.2) is 29.3 Å². The molecule has 0 saturated carbocycles. The number of guanidine groups is 1. The summed E-state index contributed by atoms with van der Waals surface area (Å²) >= 11 is 6.26. The molecule has 2 saturated heterocycles. The molecule has 27 heavy (non-hydrogen) atoms. The molecular weight excluding hydrogens is 364 g/mol. The molecule has 0 radical (unpaired) electrons. The van der Waals surface area contributed by atoms with Gasteiger partial charge in [-0.1, -0.05) is 23.7 Å². The van der Waals surface area contributed by atoms with E-state index in [0.717, 1.165) is 70.0 Å². The van der Waals surface area contributed by atoms with Gasteiger partial charge in [0, 0.05) is 57.8 Å². The van der Waals surface area contributed by atoms with E-state index >= 15 is 0 Å². The molecule has 1 aromatic carbocycles. The zero-order valence-corrected chi connectivity index (χ0v) is 17.1. The zero-order valence-electron chi connectivity index (χ0n) is 16.4. The molecule has 7 heteroatoms. The van der Waals surface area contributed by atoms with Crippen LogP contribution >= 0.6 is 11.6 Å². The Balaban J connectivity index is 1.65. The fourth-order valence-electron chi connectivity index (χ4n) is 3.83. The molecule has 2 unspecified atom stereocenters. The van der Waals surface area contributed by atoms with E-state index in [1.807, 2.05) is 19.2 Å². The Labute approximate surface area is 167 Å². The van der Waals surface area contributed by atoms with Gasteiger partial charge in [-0.25, -0.2) is 0 Å². The standard InChI is InChI=1S/C20H31ClN4O2/c1-22-20(24(2)14-16-6-9-27-15-16)23-13-19(25-7-10-26-11-8-25)17-4-3-5-18(21)12-17/h3-5,12,16,19H,6-11,13-15H2,1-2H3,(H,22,23). The molecule has 0 aromatic heterocycles. The molecule has 3 rings (SSSR count). The third kappa shape index (κ3) is 5.82. The minimum atomic E-state index is 0.229. The molecule has 0 aliphatic carbocycles. The van der Waals surface area contributed by atoms with E-state index in [4.69, 9.17) is 21.1 Å². The fourth-order valence-corrected chi connectivity index (χ4v) is 4.03. The summed E-state index contributed by atoms with van der Waals surface area (Å²) < 4.78 is 11.0. The van der Waals surface area contributed by atoms with Gasteiger partial charge in [0.2, 0.25) is 0 Å². The van der Waals surface area contributed by atoms with Crippen LogP contribution in [0.5, 0.6) is 0 Å². The Morgan fingerprint density at radius 1 is 1.33 bits per heavy atom. The predicted octanol–water partition coefficient (Wildman–Crippen LogP) is 2.26. The topological polar surface area (TPSA) is 49.3 Å². The van der Waals surface area contributed by atoms with Gasteiger partial charge in [0.05, 0.1) is 25.9 Å². The second-order valence-corrected chi connectivity index (χ2v) is 7.69. The smallest absolute Gasteiger partial charge is 0.193 e. The van der Waals surface area contributed by atoms with Gasteiger partial charge in [-0.05, 0) is 24.1 Å². The SMILES string of the molecule is CN=C(NCC(c1cccc(Cl)c1)N1CCOCC1)N(C)CC1CCOC1. The highest BCUT2D eigenvalue weighted by Gasteiger charge is 2.24. The Kier molecular flexibility index (Phi) is 7.76. The highest BCUT2D eigenvalue weighted by Crippen LogP contribution is 2.24. The van der Waals surface area contributed by atoms with Gasteiger partial charge in [-0.2, -0.15) is 0 Å². The van der Waals surface area contributed by atoms with Crippen LogP contribution < -0.4 is 5.32 Å². The molecule has 0 amide bonds. The number of nitrogens with zero attached hydrogens (tertiary/aromatic N) is 3. The molecule has 2 aliphatic rings. The normalized spacial score (nSPS) is 22.6. The minimum Gasteiger partial charge on any atom is -0.381 e. The number of aliphatic imine (C=N–C) groups is 1. The van der Waals surface area contributed by atoms with Crippen LogP contribution in [-0.4, -0.2) is 82.5 Å². The number of ether oxygens (including phenoxy) is 2. The number of halogens is 1. The van der Waals surface area contributed by atoms with Crippen molar-refractivity contribution in [2.45, 2.75) is 12.5 Å². The van der Waals surface area contributed by atoms with E-state index < -0.39 is 0 Å². The van der Waals surface area contributed by atoms with E-state index in [0.29, 0.717) is 5.92 Å². The summed E-state index contributed by atoms with van der Waals surface area (Å²) in [5, 5.41) is 4.34. The summed E-state index contributed by atoms with van der Waals surface area (Å²) in [5.41, 5.74) is 1.22. The third-order valence-electron chi connectivity index (χ3n) is 5.30. The van der Waals surface area contributed by atoms with Crippen molar-refractivity contribution in [3.8, 4) is 0 Å². The van der Waals surface area contributed by atoms with Gasteiger partial charge in [-0.15, -0.1) is 0 Å². The van der Waals surface area contributed by atoms with E-state index in [2.05, 4.69) is 39.3 Å². The first-order valence-corrected chi connectivity index (χ1v) is 10.1. The Bertz CT molecular complexity index is 616. The van der Waals surface area contributed by atoms with E-state index in [1.54, 1.807) is 0 Å². The second kappa shape index (κ2) is 10.3. The molecule has 150 valence electrons. The van der Waals surface area contributed by atoms with Crippen LogP contribution in [0.1, 0.15) is 18.0 Å². The van der Waals surface area contributed by atoms with Crippen molar-refractivity contribution in [3.63, 3.8) is 0 Å². The number of rotatable bonds is 6. The van der Waals surface area contributed by atoms with Crippen LogP contribution in [0.3, 0.4) is 0 Å². The Morgan fingerprint density at radius 3 is 2.81 bits per heavy atom. The molecule has 2 heterocycles. The van der Waals surface area contributed by atoms with Gasteiger partial charge >= 0.3 is 0 Å². The summed E-state index contributed by atoms with van der Waals surface area (Å²) in [6.45, 7) is 6.84. The molecular formula is C20H31ClN4O2. The van der Waals surface area contributed by atoms with Gasteiger partial charge < -0.3 is 19.7 Å². The highest BCUT2D eigenvalue weighted by molar-refractivity contribution is 6.30. The second-order valence-electron chi connectivity index (χ2n) is 7.26. The van der Waals surface area contributed by atoms with Crippen molar-refractivity contribution in [2.24, 2.45) is 10.9 Å². The summed E-state index contributed by atoms with van der Waals surface area (Å²) in [4.78, 5) is 9.14. The van der Waals surface area contributed by atoms with E-state index in [1.165, 1.54) is 5.56 Å². The molecule has 0 bridgehead atoms. The van der Waals surface area contributed by atoms with E-state index in [-0.39, 0.29) is 6.04 Å². The van der Waals surface area contributed by atoms with Crippen molar-refractivity contribution < 1.29 is 9.47 Å². The van der Waals surface area contributed by atoms with Crippen LogP contribution in [0.4, 0.5) is 0 Å². The van der Waals surface area contributed by atoms with Gasteiger partial charge in [0.15, 0.2) is 5.96 Å². The van der Waals surface area contributed by atoms with Crippen LogP contribution in [0.25, 0.3) is 0 Å². The number of morpholine rings is 1. The first kappa shape index (κ1) is 20.4. The molecule has 6 nitrogen and oxygen atoms in total. The molecule has 2 atom stereocenters. The lowest BCUT2D eigenvalue weighted by molar-refractivity contribution is 0.0169. The molecule has 2 fully saturated rings. The van der Waals surface area contributed by atoms with Crippen LogP contribution in [0.2, 0.25) is 5.02 Å². The zero-order chi connectivity index (χ0) is 19.1. The Morgan fingerprint density at radius 2 is 2.15 bits per heavy atom. The quantitative estimate of drug-likeness (QED) is 0.592. The van der Waals surface area contributed by atoms with Crippen molar-refractivity contribution in [2.75, 3.05) is 66.7 Å². The Hall–Kier alpha value is -1.34. The monoisotopic (exact) mass is 394 g/mol. The van der Waals surface area contributed by atoms with Crippen LogP contribution in [0, 0.1) is 5.92 Å². The fraction of sp³-hybridized carbons (Fsp3) is 0.650. The lowest BCUT2D eigenvalue weighted by Gasteiger charge is -2.36. The number of nitrogens with one attached hydrogen (secondary N) is 1. The lowest BCUT2D eigenvalue weighted by Crippen LogP contribution is -2.47. The van der Waals surface area contributed by atoms with Crippen molar-refractivity contribution >= 4 is 17.6 Å². The third-order valence-corrected chi connectivity index (χ3v) is 5.54. The molecule has 0 spiro atoms. The molecule has 2 aliphatic heterocycles. The maximum absolute atomic E-state index is 6.26. The lowest BCUT2D eigenvalue weighted by atomic mass is 10.0. The highest BCUT2D eigenvalue weighted by atomic mass is 35.5. The van der Waals surface area contributed by atoms with Gasteiger partial charge in [0.1, 0.15) is 0 Å². The predicted molar refractivity (Wildman–Crippen MR) is 110 cm³/mol. The average molecular weight is 395 g/mol. The van der Waals surface area contributed by atoms with Crippen molar-refractivity contribution in [3.05, 3.63) is 34.9 Å². The molecule has 1 aromatic rings. The summed E-state index contributed by atoms with van der Waals surface area (Å²) in [5.74, 6) is 1.50.